The van der Waals surface area contributed by atoms with Gasteiger partial charge in [0, 0.05) is 0 Å². The maximum Gasteiger partial charge on any atom is 0.315 e. The highest BCUT2D eigenvalue weighted by molar-refractivity contribution is 5.75. The zero-order chi connectivity index (χ0) is 17.4. The van der Waals surface area contributed by atoms with Crippen molar-refractivity contribution in [1.82, 2.24) is 10.6 Å². The Morgan fingerprint density at radius 3 is 2.84 bits per heavy atom. The normalized spacial score (nSPS) is 28.6. The summed E-state index contributed by atoms with van der Waals surface area (Å²) in [6.07, 6.45) is 5.77. The number of carbonyl (C=O) groups excluding carboxylic acids is 1. The van der Waals surface area contributed by atoms with Crippen LogP contribution in [0.25, 0.3) is 0 Å². The second-order valence-electron chi connectivity index (χ2n) is 7.50. The Bertz CT molecular complexity index is 650. The monoisotopic (exact) mass is 348 g/mol. The number of nitrogens with one attached hydrogen (secondary N) is 2. The molecule has 3 aliphatic rings. The standard InChI is InChI=1S/C19H25FN2O3/c1-11(21-19(23)22-16-9-14-5-7-18(16)25-14)13-4-6-17(15(20)8-13)24-10-12-2-3-12/h4,6,8,11-12,14,16,18H,2-3,5,7,9-10H2,1H3,(H2,21,22,23). The van der Waals surface area contributed by atoms with Crippen molar-refractivity contribution in [3.8, 4) is 5.75 Å². The molecule has 2 N–H and O–H groups in total. The SMILES string of the molecule is CC(NC(=O)NC1CC2CCC1O2)c1ccc(OCC2CC2)c(F)c1. The second kappa shape index (κ2) is 6.83. The van der Waals surface area contributed by atoms with Gasteiger partial charge in [0.25, 0.3) is 0 Å². The number of ether oxygens (including phenoxy) is 2. The van der Waals surface area contributed by atoms with E-state index in [0.29, 0.717) is 18.6 Å². The quantitative estimate of drug-likeness (QED) is 0.829. The van der Waals surface area contributed by atoms with E-state index in [1.165, 1.54) is 18.9 Å². The molecule has 136 valence electrons. The lowest BCUT2D eigenvalue weighted by atomic mass is 9.96. The van der Waals surface area contributed by atoms with E-state index in [0.717, 1.165) is 24.8 Å². The number of halogens is 1. The van der Waals surface area contributed by atoms with Crippen LogP contribution in [0.3, 0.4) is 0 Å². The molecule has 2 bridgehead atoms. The van der Waals surface area contributed by atoms with Crippen LogP contribution in [-0.2, 0) is 4.74 Å². The van der Waals surface area contributed by atoms with Gasteiger partial charge in [0.15, 0.2) is 11.6 Å². The molecule has 2 saturated heterocycles. The van der Waals surface area contributed by atoms with E-state index in [-0.39, 0.29) is 35.8 Å². The highest BCUT2D eigenvalue weighted by atomic mass is 19.1. The fourth-order valence-electron chi connectivity index (χ4n) is 3.68. The Hall–Kier alpha value is -1.82. The Morgan fingerprint density at radius 2 is 2.20 bits per heavy atom. The van der Waals surface area contributed by atoms with Crippen LogP contribution in [0, 0.1) is 11.7 Å². The lowest BCUT2D eigenvalue weighted by Gasteiger charge is -2.22. The molecule has 2 heterocycles. The average molecular weight is 348 g/mol. The fraction of sp³-hybridized carbons (Fsp3) is 0.632. The predicted molar refractivity (Wildman–Crippen MR) is 91.0 cm³/mol. The molecule has 0 aromatic heterocycles. The summed E-state index contributed by atoms with van der Waals surface area (Å²) in [4.78, 5) is 12.2. The number of hydrogen-bond acceptors (Lipinski definition) is 3. The lowest BCUT2D eigenvalue weighted by molar-refractivity contribution is 0.0980. The van der Waals surface area contributed by atoms with Crippen LogP contribution in [-0.4, -0.2) is 30.9 Å². The van der Waals surface area contributed by atoms with Gasteiger partial charge in [-0.3, -0.25) is 0 Å². The first-order valence-electron chi connectivity index (χ1n) is 9.23. The van der Waals surface area contributed by atoms with Gasteiger partial charge in [-0.15, -0.1) is 0 Å². The van der Waals surface area contributed by atoms with E-state index in [2.05, 4.69) is 10.6 Å². The summed E-state index contributed by atoms with van der Waals surface area (Å²) in [5, 5.41) is 5.86. The number of carbonyl (C=O) groups is 1. The minimum atomic E-state index is -0.381. The molecule has 3 fully saturated rings. The maximum absolute atomic E-state index is 14.2. The van der Waals surface area contributed by atoms with Gasteiger partial charge in [-0.25, -0.2) is 9.18 Å². The molecule has 2 aliphatic heterocycles. The van der Waals surface area contributed by atoms with Crippen LogP contribution in [0.15, 0.2) is 18.2 Å². The first kappa shape index (κ1) is 16.6. The van der Waals surface area contributed by atoms with Crippen LogP contribution in [0.1, 0.15) is 50.6 Å². The van der Waals surface area contributed by atoms with Crippen molar-refractivity contribution in [2.24, 2.45) is 5.92 Å². The van der Waals surface area contributed by atoms with Crippen molar-refractivity contribution in [3.05, 3.63) is 29.6 Å². The molecule has 4 atom stereocenters. The van der Waals surface area contributed by atoms with E-state index >= 15 is 0 Å². The van der Waals surface area contributed by atoms with Gasteiger partial charge in [0.1, 0.15) is 0 Å². The van der Waals surface area contributed by atoms with Crippen molar-refractivity contribution in [1.29, 1.82) is 0 Å². The molecule has 6 heteroatoms. The van der Waals surface area contributed by atoms with Crippen LogP contribution in [0.5, 0.6) is 5.75 Å². The predicted octanol–water partition coefficient (Wildman–Crippen LogP) is 3.29. The molecule has 4 unspecified atom stereocenters. The molecule has 0 spiro atoms. The average Bonchev–Trinajstić information content (AvgIpc) is 3.18. The Kier molecular flexibility index (Phi) is 4.54. The first-order chi connectivity index (χ1) is 12.1. The summed E-state index contributed by atoms with van der Waals surface area (Å²) < 4.78 is 25.4. The largest absolute Gasteiger partial charge is 0.490 e. The van der Waals surface area contributed by atoms with E-state index < -0.39 is 0 Å². The van der Waals surface area contributed by atoms with Gasteiger partial charge < -0.3 is 20.1 Å². The third-order valence-corrected chi connectivity index (χ3v) is 5.40. The summed E-state index contributed by atoms with van der Waals surface area (Å²) in [5.74, 6) is 0.485. The summed E-state index contributed by atoms with van der Waals surface area (Å²) >= 11 is 0. The van der Waals surface area contributed by atoms with Crippen LogP contribution in [0.4, 0.5) is 9.18 Å². The molecular formula is C19H25FN2O3. The zero-order valence-corrected chi connectivity index (χ0v) is 14.5. The second-order valence-corrected chi connectivity index (χ2v) is 7.50. The van der Waals surface area contributed by atoms with Crippen molar-refractivity contribution in [3.63, 3.8) is 0 Å². The van der Waals surface area contributed by atoms with Gasteiger partial charge in [0.2, 0.25) is 0 Å². The summed E-state index contributed by atoms with van der Waals surface area (Å²) in [5.41, 5.74) is 0.718. The summed E-state index contributed by atoms with van der Waals surface area (Å²) in [6, 6.07) is 4.45. The Labute approximate surface area is 147 Å². The minimum absolute atomic E-state index is 0.0842. The first-order valence-corrected chi connectivity index (χ1v) is 9.23. The topological polar surface area (TPSA) is 59.6 Å². The summed E-state index contributed by atoms with van der Waals surface area (Å²) in [7, 11) is 0. The fourth-order valence-corrected chi connectivity index (χ4v) is 3.68. The highest BCUT2D eigenvalue weighted by Gasteiger charge is 2.41. The molecule has 5 nitrogen and oxygen atoms in total. The number of urea groups is 1. The van der Waals surface area contributed by atoms with Gasteiger partial charge in [-0.1, -0.05) is 6.07 Å². The third kappa shape index (κ3) is 3.89. The van der Waals surface area contributed by atoms with E-state index in [9.17, 15) is 9.18 Å². The molecule has 2 amide bonds. The van der Waals surface area contributed by atoms with Crippen LogP contribution >= 0.6 is 0 Å². The van der Waals surface area contributed by atoms with Crippen molar-refractivity contribution >= 4 is 6.03 Å². The van der Waals surface area contributed by atoms with Crippen LogP contribution < -0.4 is 15.4 Å². The number of hydrogen-bond donors (Lipinski definition) is 2. The van der Waals surface area contributed by atoms with E-state index in [1.807, 2.05) is 6.92 Å². The molecule has 0 radical (unpaired) electrons. The third-order valence-electron chi connectivity index (χ3n) is 5.40. The maximum atomic E-state index is 14.2. The summed E-state index contributed by atoms with van der Waals surface area (Å²) in [6.45, 7) is 2.43. The molecule has 25 heavy (non-hydrogen) atoms. The molecule has 1 aromatic rings. The number of rotatable bonds is 6. The lowest BCUT2D eigenvalue weighted by Crippen LogP contribution is -2.46. The number of amides is 2. The van der Waals surface area contributed by atoms with Crippen molar-refractivity contribution in [2.75, 3.05) is 6.61 Å². The number of benzene rings is 1. The van der Waals surface area contributed by atoms with Gasteiger partial charge in [-0.05, 0) is 62.6 Å². The molecule has 1 aliphatic carbocycles. The molecule has 1 saturated carbocycles. The zero-order valence-electron chi connectivity index (χ0n) is 14.5. The molecular weight excluding hydrogens is 323 g/mol. The van der Waals surface area contributed by atoms with Gasteiger partial charge in [-0.2, -0.15) is 0 Å². The smallest absolute Gasteiger partial charge is 0.315 e. The number of fused-ring (bicyclic) bond motifs is 2. The molecule has 1 aromatic carbocycles. The molecule has 4 rings (SSSR count). The van der Waals surface area contributed by atoms with Crippen molar-refractivity contribution < 1.29 is 18.7 Å². The van der Waals surface area contributed by atoms with Crippen molar-refractivity contribution in [2.45, 2.75) is 63.3 Å². The van der Waals surface area contributed by atoms with Crippen LogP contribution in [0.2, 0.25) is 0 Å². The minimum Gasteiger partial charge on any atom is -0.490 e. The Morgan fingerprint density at radius 1 is 1.36 bits per heavy atom. The highest BCUT2D eigenvalue weighted by Crippen LogP contribution is 2.34. The Balaban J connectivity index is 1.29. The van der Waals surface area contributed by atoms with Gasteiger partial charge >= 0.3 is 6.03 Å². The van der Waals surface area contributed by atoms with Gasteiger partial charge in [0.05, 0.1) is 30.9 Å². The van der Waals surface area contributed by atoms with E-state index in [4.69, 9.17) is 9.47 Å². The van der Waals surface area contributed by atoms with E-state index in [1.54, 1.807) is 12.1 Å².